The third-order valence-electron chi connectivity index (χ3n) is 4.66. The third-order valence-corrected chi connectivity index (χ3v) is 4.66. The Hall–Kier alpha value is -2.69. The number of rotatable bonds is 4. The average Bonchev–Trinajstić information content (AvgIpc) is 2.61. The molecule has 3 rings (SSSR count). The van der Waals surface area contributed by atoms with Gasteiger partial charge in [-0.15, -0.1) is 0 Å². The fourth-order valence-electron chi connectivity index (χ4n) is 3.47. The number of fused-ring (bicyclic) bond motifs is 1. The van der Waals surface area contributed by atoms with E-state index in [2.05, 4.69) is 12.2 Å². The van der Waals surface area contributed by atoms with Crippen LogP contribution in [0.5, 0.6) is 11.5 Å². The molecule has 25 heavy (non-hydrogen) atoms. The summed E-state index contributed by atoms with van der Waals surface area (Å²) in [4.78, 5) is 14.0. The topological polar surface area (TPSA) is 50.8 Å². The summed E-state index contributed by atoms with van der Waals surface area (Å²) < 4.78 is 10.6. The van der Waals surface area contributed by atoms with E-state index in [9.17, 15) is 4.79 Å². The van der Waals surface area contributed by atoms with Gasteiger partial charge in [-0.1, -0.05) is 0 Å². The highest BCUT2D eigenvalue weighted by Crippen LogP contribution is 2.40. The number of nitrogens with zero attached hydrogens (tertiary/aromatic N) is 1. The van der Waals surface area contributed by atoms with Gasteiger partial charge in [-0.25, -0.2) is 0 Å². The van der Waals surface area contributed by atoms with Gasteiger partial charge in [0, 0.05) is 29.9 Å². The van der Waals surface area contributed by atoms with Crippen molar-refractivity contribution in [3.63, 3.8) is 0 Å². The number of nitrogens with one attached hydrogen (secondary N) is 1. The van der Waals surface area contributed by atoms with E-state index < -0.39 is 0 Å². The highest BCUT2D eigenvalue weighted by Gasteiger charge is 2.32. The van der Waals surface area contributed by atoms with Crippen molar-refractivity contribution < 1.29 is 14.3 Å². The summed E-state index contributed by atoms with van der Waals surface area (Å²) in [7, 11) is 3.31. The van der Waals surface area contributed by atoms with E-state index >= 15 is 0 Å². The van der Waals surface area contributed by atoms with Crippen LogP contribution in [-0.2, 0) is 4.79 Å². The van der Waals surface area contributed by atoms with Crippen LogP contribution in [0.15, 0.2) is 42.5 Å². The zero-order valence-electron chi connectivity index (χ0n) is 15.1. The maximum atomic E-state index is 12.1. The predicted octanol–water partition coefficient (Wildman–Crippen LogP) is 4.00. The number of methoxy groups -OCH3 is 2. The lowest BCUT2D eigenvalue weighted by molar-refractivity contribution is -0.117. The second-order valence-electron chi connectivity index (χ2n) is 6.32. The highest BCUT2D eigenvalue weighted by atomic mass is 16.5. The monoisotopic (exact) mass is 340 g/mol. The first kappa shape index (κ1) is 17.1. The maximum Gasteiger partial charge on any atom is 0.224 e. The van der Waals surface area contributed by atoms with Gasteiger partial charge in [0.25, 0.3) is 0 Å². The first-order valence-corrected chi connectivity index (χ1v) is 8.41. The number of carbonyl (C=O) groups excluding carboxylic acids is 1. The zero-order chi connectivity index (χ0) is 18.0. The quantitative estimate of drug-likeness (QED) is 0.914. The molecule has 5 nitrogen and oxygen atoms in total. The number of hydrogen-bond donors (Lipinski definition) is 1. The molecule has 0 unspecified atom stereocenters. The summed E-state index contributed by atoms with van der Waals surface area (Å²) >= 11 is 0. The predicted molar refractivity (Wildman–Crippen MR) is 99.6 cm³/mol. The molecule has 0 radical (unpaired) electrons. The Bertz CT molecular complexity index is 758. The molecule has 0 saturated carbocycles. The molecular weight excluding hydrogens is 316 g/mol. The molecule has 0 aromatic heterocycles. The van der Waals surface area contributed by atoms with Crippen molar-refractivity contribution in [2.24, 2.45) is 0 Å². The highest BCUT2D eigenvalue weighted by molar-refractivity contribution is 5.94. The largest absolute Gasteiger partial charge is 0.497 e. The van der Waals surface area contributed by atoms with Gasteiger partial charge in [-0.2, -0.15) is 0 Å². The maximum absolute atomic E-state index is 12.1. The van der Waals surface area contributed by atoms with Crippen LogP contribution in [0.3, 0.4) is 0 Å². The van der Waals surface area contributed by atoms with Crippen molar-refractivity contribution in [3.8, 4) is 11.5 Å². The number of benzene rings is 2. The molecule has 0 spiro atoms. The van der Waals surface area contributed by atoms with E-state index in [0.29, 0.717) is 0 Å². The molecule has 132 valence electrons. The second-order valence-corrected chi connectivity index (χ2v) is 6.32. The molecule has 2 atom stereocenters. The molecule has 2 aromatic rings. The molecule has 5 heteroatoms. The van der Waals surface area contributed by atoms with E-state index in [1.54, 1.807) is 21.1 Å². The fraction of sp³-hybridized carbons (Fsp3) is 0.350. The van der Waals surface area contributed by atoms with Gasteiger partial charge in [-0.05, 0) is 55.8 Å². The first-order valence-electron chi connectivity index (χ1n) is 8.41. The Morgan fingerprint density at radius 3 is 2.32 bits per heavy atom. The van der Waals surface area contributed by atoms with E-state index in [1.165, 1.54) is 0 Å². The number of hydrogen-bond acceptors (Lipinski definition) is 4. The Balaban J connectivity index is 1.96. The van der Waals surface area contributed by atoms with E-state index in [0.717, 1.165) is 34.9 Å². The Labute approximate surface area is 148 Å². The molecule has 0 aliphatic carbocycles. The normalized spacial score (nSPS) is 19.1. The number of carbonyl (C=O) groups is 1. The van der Waals surface area contributed by atoms with Crippen molar-refractivity contribution in [3.05, 3.63) is 48.0 Å². The molecule has 2 aromatic carbocycles. The fourth-order valence-corrected chi connectivity index (χ4v) is 3.47. The Kier molecular flexibility index (Phi) is 4.83. The van der Waals surface area contributed by atoms with Crippen molar-refractivity contribution in [2.75, 3.05) is 24.4 Å². The molecule has 1 N–H and O–H groups in total. The summed E-state index contributed by atoms with van der Waals surface area (Å²) in [5, 5.41) is 3.58. The Morgan fingerprint density at radius 1 is 1.08 bits per heavy atom. The van der Waals surface area contributed by atoms with E-state index in [1.807, 2.05) is 47.4 Å². The van der Waals surface area contributed by atoms with Gasteiger partial charge in [0.05, 0.1) is 20.3 Å². The lowest BCUT2D eigenvalue weighted by Crippen LogP contribution is -2.43. The van der Waals surface area contributed by atoms with Crippen molar-refractivity contribution in [1.82, 2.24) is 0 Å². The van der Waals surface area contributed by atoms with Crippen molar-refractivity contribution in [2.45, 2.75) is 32.4 Å². The summed E-state index contributed by atoms with van der Waals surface area (Å²) in [6, 6.07) is 14.0. The van der Waals surface area contributed by atoms with E-state index in [4.69, 9.17) is 9.47 Å². The summed E-state index contributed by atoms with van der Waals surface area (Å²) in [5.74, 6) is 1.67. The second kappa shape index (κ2) is 7.05. The van der Waals surface area contributed by atoms with Crippen LogP contribution in [0.25, 0.3) is 0 Å². The smallest absolute Gasteiger partial charge is 0.224 e. The summed E-state index contributed by atoms with van der Waals surface area (Å²) in [5.41, 5.74) is 3.03. The number of amides is 1. The molecule has 1 aliphatic heterocycles. The van der Waals surface area contributed by atoms with Crippen LogP contribution in [0, 0.1) is 0 Å². The van der Waals surface area contributed by atoms with Gasteiger partial charge >= 0.3 is 0 Å². The molecule has 1 heterocycles. The van der Waals surface area contributed by atoms with Crippen LogP contribution in [-0.4, -0.2) is 26.2 Å². The number of anilines is 2. The van der Waals surface area contributed by atoms with Gasteiger partial charge < -0.3 is 19.7 Å². The minimum atomic E-state index is 0.0572. The van der Waals surface area contributed by atoms with Crippen molar-refractivity contribution >= 4 is 17.3 Å². The van der Waals surface area contributed by atoms with Crippen LogP contribution in [0.4, 0.5) is 11.4 Å². The lowest BCUT2D eigenvalue weighted by Gasteiger charge is -2.39. The first-order chi connectivity index (χ1) is 12.0. The zero-order valence-corrected chi connectivity index (χ0v) is 15.1. The average molecular weight is 340 g/mol. The molecule has 0 bridgehead atoms. The lowest BCUT2D eigenvalue weighted by atomic mass is 9.91. The van der Waals surface area contributed by atoms with Crippen LogP contribution in [0.2, 0.25) is 0 Å². The summed E-state index contributed by atoms with van der Waals surface area (Å²) in [6.45, 7) is 3.69. The molecule has 0 saturated heterocycles. The Morgan fingerprint density at radius 2 is 1.72 bits per heavy atom. The third kappa shape index (κ3) is 3.40. The molecular formula is C20H24N2O3. The van der Waals surface area contributed by atoms with Crippen LogP contribution < -0.4 is 19.7 Å². The van der Waals surface area contributed by atoms with Gasteiger partial charge in [0.1, 0.15) is 11.5 Å². The van der Waals surface area contributed by atoms with Gasteiger partial charge in [0.15, 0.2) is 0 Å². The van der Waals surface area contributed by atoms with Crippen LogP contribution >= 0.6 is 0 Å². The van der Waals surface area contributed by atoms with Crippen LogP contribution in [0.1, 0.15) is 31.9 Å². The van der Waals surface area contributed by atoms with Crippen molar-refractivity contribution in [1.29, 1.82) is 0 Å². The minimum Gasteiger partial charge on any atom is -0.497 e. The minimum absolute atomic E-state index is 0.0572. The number of ether oxygens (including phenoxy) is 2. The van der Waals surface area contributed by atoms with E-state index in [-0.39, 0.29) is 18.0 Å². The van der Waals surface area contributed by atoms with Gasteiger partial charge in [0.2, 0.25) is 5.91 Å². The molecule has 0 fully saturated rings. The van der Waals surface area contributed by atoms with Gasteiger partial charge in [-0.3, -0.25) is 4.79 Å². The standard InChI is InChI=1S/C20H24N2O3/c1-13-11-19(21-15-5-7-16(24-3)8-6-15)18-12-17(25-4)9-10-20(18)22(13)14(2)23/h5-10,12-13,19,21H,11H2,1-4H3/t13-,19+/m0/s1. The summed E-state index contributed by atoms with van der Waals surface area (Å²) in [6.07, 6.45) is 0.825. The molecule has 1 aliphatic rings. The SMILES string of the molecule is COc1ccc(N[C@@H]2C[C@H](C)N(C(C)=O)c3ccc(OC)cc32)cc1. The molecule has 1 amide bonds.